The fourth-order valence-electron chi connectivity index (χ4n) is 4.53. The van der Waals surface area contributed by atoms with Crippen LogP contribution in [0.5, 0.6) is 0 Å². The molecule has 2 N–H and O–H groups in total. The molecule has 0 aliphatic carbocycles. The molecule has 0 spiro atoms. The fourth-order valence-corrected chi connectivity index (χ4v) is 4.53. The lowest BCUT2D eigenvalue weighted by Gasteiger charge is -2.48. The van der Waals surface area contributed by atoms with E-state index in [2.05, 4.69) is 10.6 Å². The van der Waals surface area contributed by atoms with Crippen molar-refractivity contribution >= 4 is 17.6 Å². The molecule has 3 amide bonds. The van der Waals surface area contributed by atoms with Crippen molar-refractivity contribution in [2.45, 2.75) is 57.2 Å². The van der Waals surface area contributed by atoms with Gasteiger partial charge in [0, 0.05) is 29.4 Å². The van der Waals surface area contributed by atoms with Gasteiger partial charge >= 0.3 is 6.03 Å². The number of benzene rings is 2. The Bertz CT molecular complexity index is 868. The number of carbonyl (C=O) groups excluding carboxylic acids is 2. The SMILES string of the molecule is Cc1ccc(NC(=O)N2[C@H]3CCC[C@H]2CC(NC(=O)c2ccc(F)cc2)C3)cc1. The van der Waals surface area contributed by atoms with E-state index < -0.39 is 0 Å². The minimum absolute atomic E-state index is 0.0197. The van der Waals surface area contributed by atoms with E-state index in [1.165, 1.54) is 24.3 Å². The van der Waals surface area contributed by atoms with Crippen LogP contribution in [0, 0.1) is 12.7 Å². The zero-order valence-corrected chi connectivity index (χ0v) is 16.5. The predicted octanol–water partition coefficient (Wildman–Crippen LogP) is 4.48. The summed E-state index contributed by atoms with van der Waals surface area (Å²) < 4.78 is 13.1. The molecular formula is C23H26FN3O2. The predicted molar refractivity (Wildman–Crippen MR) is 110 cm³/mol. The summed E-state index contributed by atoms with van der Waals surface area (Å²) >= 11 is 0. The first-order valence-corrected chi connectivity index (χ1v) is 10.2. The average molecular weight is 395 g/mol. The molecule has 2 saturated heterocycles. The smallest absolute Gasteiger partial charge is 0.322 e. The van der Waals surface area contributed by atoms with Gasteiger partial charge in [-0.1, -0.05) is 17.7 Å². The molecule has 2 heterocycles. The highest BCUT2D eigenvalue weighted by molar-refractivity contribution is 5.94. The molecule has 4 rings (SSSR count). The third kappa shape index (κ3) is 4.42. The highest BCUT2D eigenvalue weighted by Gasteiger charge is 2.41. The number of piperidine rings is 2. The molecule has 0 aromatic heterocycles. The van der Waals surface area contributed by atoms with E-state index in [0.717, 1.165) is 43.4 Å². The Morgan fingerprint density at radius 2 is 1.59 bits per heavy atom. The molecule has 2 bridgehead atoms. The van der Waals surface area contributed by atoms with Crippen LogP contribution in [0.2, 0.25) is 0 Å². The summed E-state index contributed by atoms with van der Waals surface area (Å²) in [6, 6.07) is 13.6. The zero-order chi connectivity index (χ0) is 20.4. The normalized spacial score (nSPS) is 23.4. The van der Waals surface area contributed by atoms with Crippen LogP contribution in [0.25, 0.3) is 0 Å². The second kappa shape index (κ2) is 8.23. The Kier molecular flexibility index (Phi) is 5.51. The third-order valence-electron chi connectivity index (χ3n) is 5.95. The van der Waals surface area contributed by atoms with Crippen molar-refractivity contribution in [3.8, 4) is 0 Å². The number of amides is 3. The number of aryl methyl sites for hydroxylation is 1. The molecule has 2 aliphatic rings. The van der Waals surface area contributed by atoms with Gasteiger partial charge in [0.1, 0.15) is 5.82 Å². The number of urea groups is 1. The minimum Gasteiger partial charge on any atom is -0.349 e. The lowest BCUT2D eigenvalue weighted by molar-refractivity contribution is 0.0577. The monoisotopic (exact) mass is 395 g/mol. The van der Waals surface area contributed by atoms with Crippen molar-refractivity contribution in [1.29, 1.82) is 0 Å². The molecule has 5 nitrogen and oxygen atoms in total. The van der Waals surface area contributed by atoms with Crippen molar-refractivity contribution in [3.05, 3.63) is 65.5 Å². The summed E-state index contributed by atoms with van der Waals surface area (Å²) in [4.78, 5) is 27.4. The van der Waals surface area contributed by atoms with Crippen molar-refractivity contribution < 1.29 is 14.0 Å². The van der Waals surface area contributed by atoms with Crippen LogP contribution in [0.15, 0.2) is 48.5 Å². The molecule has 6 heteroatoms. The maximum Gasteiger partial charge on any atom is 0.322 e. The number of rotatable bonds is 3. The summed E-state index contributed by atoms with van der Waals surface area (Å²) in [6.45, 7) is 2.01. The summed E-state index contributed by atoms with van der Waals surface area (Å²) in [7, 11) is 0. The van der Waals surface area contributed by atoms with Gasteiger partial charge in [-0.05, 0) is 75.4 Å². The van der Waals surface area contributed by atoms with Crippen molar-refractivity contribution in [1.82, 2.24) is 10.2 Å². The number of hydrogen-bond acceptors (Lipinski definition) is 2. The molecule has 152 valence electrons. The largest absolute Gasteiger partial charge is 0.349 e. The fraction of sp³-hybridized carbons (Fsp3) is 0.391. The minimum atomic E-state index is -0.357. The number of carbonyl (C=O) groups is 2. The Morgan fingerprint density at radius 1 is 0.966 bits per heavy atom. The molecule has 2 aromatic carbocycles. The van der Waals surface area contributed by atoms with Gasteiger partial charge in [0.15, 0.2) is 0 Å². The summed E-state index contributed by atoms with van der Waals surface area (Å²) in [5.41, 5.74) is 2.40. The summed E-state index contributed by atoms with van der Waals surface area (Å²) in [5, 5.41) is 6.10. The molecule has 29 heavy (non-hydrogen) atoms. The molecule has 2 atom stereocenters. The first-order valence-electron chi connectivity index (χ1n) is 10.2. The van der Waals surface area contributed by atoms with E-state index in [1.54, 1.807) is 0 Å². The highest BCUT2D eigenvalue weighted by Crippen LogP contribution is 2.34. The van der Waals surface area contributed by atoms with E-state index in [4.69, 9.17) is 0 Å². The van der Waals surface area contributed by atoms with Gasteiger partial charge in [-0.25, -0.2) is 9.18 Å². The second-order valence-electron chi connectivity index (χ2n) is 8.09. The van der Waals surface area contributed by atoms with E-state index in [9.17, 15) is 14.0 Å². The Balaban J connectivity index is 1.40. The van der Waals surface area contributed by atoms with Gasteiger partial charge in [0.25, 0.3) is 5.91 Å². The average Bonchev–Trinajstić information content (AvgIpc) is 2.69. The van der Waals surface area contributed by atoms with Crippen LogP contribution in [0.3, 0.4) is 0 Å². The molecule has 0 saturated carbocycles. The van der Waals surface area contributed by atoms with Crippen LogP contribution < -0.4 is 10.6 Å². The molecule has 2 aromatic rings. The maximum atomic E-state index is 13.1. The lowest BCUT2D eigenvalue weighted by Crippen LogP contribution is -2.59. The maximum absolute atomic E-state index is 13.1. The van der Waals surface area contributed by atoms with Crippen LogP contribution in [-0.2, 0) is 0 Å². The molecule has 2 aliphatic heterocycles. The van der Waals surface area contributed by atoms with Crippen LogP contribution in [0.4, 0.5) is 14.9 Å². The van der Waals surface area contributed by atoms with Crippen LogP contribution >= 0.6 is 0 Å². The van der Waals surface area contributed by atoms with Gasteiger partial charge in [-0.15, -0.1) is 0 Å². The standard InChI is InChI=1S/C23H26FN3O2/c1-15-5-11-18(12-6-15)26-23(29)27-20-3-2-4-21(27)14-19(13-20)25-22(28)16-7-9-17(24)10-8-16/h5-12,19-21H,2-4,13-14H2,1H3,(H,25,28)(H,26,29)/t20-,21-/m0/s1. The Morgan fingerprint density at radius 3 is 2.21 bits per heavy atom. The summed E-state index contributed by atoms with van der Waals surface area (Å²) in [6.07, 6.45) is 4.47. The summed E-state index contributed by atoms with van der Waals surface area (Å²) in [5.74, 6) is -0.547. The van der Waals surface area contributed by atoms with Gasteiger partial charge < -0.3 is 15.5 Å². The van der Waals surface area contributed by atoms with Crippen LogP contribution in [0.1, 0.15) is 48.0 Å². The zero-order valence-electron chi connectivity index (χ0n) is 16.5. The second-order valence-corrected chi connectivity index (χ2v) is 8.09. The van der Waals surface area contributed by atoms with Gasteiger partial charge in [0.2, 0.25) is 0 Å². The van der Waals surface area contributed by atoms with E-state index >= 15 is 0 Å². The molecular weight excluding hydrogens is 369 g/mol. The van der Waals surface area contributed by atoms with Crippen molar-refractivity contribution in [2.75, 3.05) is 5.32 Å². The van der Waals surface area contributed by atoms with Crippen molar-refractivity contribution in [3.63, 3.8) is 0 Å². The number of hydrogen-bond donors (Lipinski definition) is 2. The highest BCUT2D eigenvalue weighted by atomic mass is 19.1. The number of fused-ring (bicyclic) bond motifs is 2. The van der Waals surface area contributed by atoms with E-state index in [1.807, 2.05) is 36.1 Å². The number of nitrogens with zero attached hydrogens (tertiary/aromatic N) is 1. The van der Waals surface area contributed by atoms with Gasteiger partial charge in [0.05, 0.1) is 0 Å². The molecule has 0 radical (unpaired) electrons. The van der Waals surface area contributed by atoms with Crippen molar-refractivity contribution in [2.24, 2.45) is 0 Å². The number of nitrogens with one attached hydrogen (secondary N) is 2. The van der Waals surface area contributed by atoms with Gasteiger partial charge in [-0.3, -0.25) is 4.79 Å². The van der Waals surface area contributed by atoms with E-state index in [-0.39, 0.29) is 35.9 Å². The first kappa shape index (κ1) is 19.4. The Labute approximate surface area is 170 Å². The number of halogens is 1. The number of anilines is 1. The molecule has 2 fully saturated rings. The topological polar surface area (TPSA) is 61.4 Å². The Hall–Kier alpha value is -2.89. The first-order chi connectivity index (χ1) is 14.0. The molecule has 0 unspecified atom stereocenters. The third-order valence-corrected chi connectivity index (χ3v) is 5.95. The quantitative estimate of drug-likeness (QED) is 0.805. The van der Waals surface area contributed by atoms with E-state index in [0.29, 0.717) is 5.56 Å². The van der Waals surface area contributed by atoms with Gasteiger partial charge in [-0.2, -0.15) is 0 Å². The lowest BCUT2D eigenvalue weighted by atomic mass is 9.82. The van der Waals surface area contributed by atoms with Crippen LogP contribution in [-0.4, -0.2) is 35.0 Å².